The van der Waals surface area contributed by atoms with E-state index < -0.39 is 0 Å². The molecule has 0 bridgehead atoms. The Balaban J connectivity index is 2.02. The molecule has 4 heteroatoms. The number of aryl methyl sites for hydroxylation is 2. The van der Waals surface area contributed by atoms with Crippen LogP contribution < -0.4 is 5.32 Å². The van der Waals surface area contributed by atoms with Crippen LogP contribution in [0.15, 0.2) is 18.2 Å². The number of likely N-dealkylation sites (tertiary alicyclic amines) is 1. The molecule has 1 saturated heterocycles. The number of ketones is 1. The second kappa shape index (κ2) is 6.85. The van der Waals surface area contributed by atoms with Gasteiger partial charge in [0.2, 0.25) is 5.91 Å². The van der Waals surface area contributed by atoms with E-state index in [4.69, 9.17) is 0 Å². The van der Waals surface area contributed by atoms with Gasteiger partial charge < -0.3 is 5.32 Å². The summed E-state index contributed by atoms with van der Waals surface area (Å²) in [5.41, 5.74) is 2.92. The van der Waals surface area contributed by atoms with E-state index in [1.807, 2.05) is 32.0 Å². The standard InChI is InChI=1S/C17H24N2O2/c1-12-6-7-13(2)15(9-12)16(20)11-19-8-4-5-14(10-19)17(21)18-3/h6-7,9,14H,4-5,8,10-11H2,1-3H3,(H,18,21). The van der Waals surface area contributed by atoms with Crippen LogP contribution in [-0.2, 0) is 4.79 Å². The molecule has 0 radical (unpaired) electrons. The number of rotatable bonds is 4. The SMILES string of the molecule is CNC(=O)C1CCCN(CC(=O)c2cc(C)ccc2C)C1. The fraction of sp³-hybridized carbons (Fsp3) is 0.529. The lowest BCUT2D eigenvalue weighted by atomic mass is 9.96. The zero-order chi connectivity index (χ0) is 15.4. The largest absolute Gasteiger partial charge is 0.359 e. The molecule has 1 aromatic carbocycles. The predicted molar refractivity (Wildman–Crippen MR) is 83.5 cm³/mol. The minimum atomic E-state index is 0.00940. The average molecular weight is 288 g/mol. The molecule has 21 heavy (non-hydrogen) atoms. The molecule has 0 aliphatic carbocycles. The molecule has 1 N–H and O–H groups in total. The zero-order valence-corrected chi connectivity index (χ0v) is 13.1. The third-order valence-electron chi connectivity index (χ3n) is 4.18. The van der Waals surface area contributed by atoms with Gasteiger partial charge in [-0.1, -0.05) is 17.7 Å². The number of nitrogens with one attached hydrogen (secondary N) is 1. The van der Waals surface area contributed by atoms with Crippen LogP contribution >= 0.6 is 0 Å². The van der Waals surface area contributed by atoms with Crippen LogP contribution in [0.4, 0.5) is 0 Å². The highest BCUT2D eigenvalue weighted by Crippen LogP contribution is 2.18. The van der Waals surface area contributed by atoms with Gasteiger partial charge in [0.25, 0.3) is 0 Å². The number of piperidine rings is 1. The van der Waals surface area contributed by atoms with Crippen molar-refractivity contribution >= 4 is 11.7 Å². The first-order chi connectivity index (χ1) is 10.0. The van der Waals surface area contributed by atoms with E-state index in [0.29, 0.717) is 13.1 Å². The van der Waals surface area contributed by atoms with Gasteiger partial charge in [-0.2, -0.15) is 0 Å². The van der Waals surface area contributed by atoms with Crippen molar-refractivity contribution in [1.29, 1.82) is 0 Å². The Morgan fingerprint density at radius 3 is 2.81 bits per heavy atom. The molecule has 0 spiro atoms. The predicted octanol–water partition coefficient (Wildman–Crippen LogP) is 1.94. The molecular weight excluding hydrogens is 264 g/mol. The Morgan fingerprint density at radius 1 is 1.33 bits per heavy atom. The van der Waals surface area contributed by atoms with Gasteiger partial charge in [-0.3, -0.25) is 14.5 Å². The van der Waals surface area contributed by atoms with Crippen LogP contribution in [0.2, 0.25) is 0 Å². The van der Waals surface area contributed by atoms with Crippen molar-refractivity contribution in [2.75, 3.05) is 26.7 Å². The van der Waals surface area contributed by atoms with Crippen molar-refractivity contribution in [2.24, 2.45) is 5.92 Å². The molecule has 1 aromatic rings. The molecule has 1 unspecified atom stereocenters. The molecule has 1 amide bonds. The second-order valence-electron chi connectivity index (χ2n) is 5.93. The maximum absolute atomic E-state index is 12.5. The van der Waals surface area contributed by atoms with Gasteiger partial charge in [0.1, 0.15) is 0 Å². The second-order valence-corrected chi connectivity index (χ2v) is 5.93. The number of carbonyl (C=O) groups is 2. The van der Waals surface area contributed by atoms with E-state index >= 15 is 0 Å². The Kier molecular flexibility index (Phi) is 5.12. The van der Waals surface area contributed by atoms with Crippen LogP contribution in [0.5, 0.6) is 0 Å². The lowest BCUT2D eigenvalue weighted by Gasteiger charge is -2.31. The summed E-state index contributed by atoms with van der Waals surface area (Å²) in [5, 5.41) is 2.71. The third-order valence-corrected chi connectivity index (χ3v) is 4.18. The van der Waals surface area contributed by atoms with Crippen LogP contribution in [-0.4, -0.2) is 43.3 Å². The summed E-state index contributed by atoms with van der Waals surface area (Å²) in [4.78, 5) is 26.3. The van der Waals surface area contributed by atoms with Crippen molar-refractivity contribution in [2.45, 2.75) is 26.7 Å². The van der Waals surface area contributed by atoms with E-state index in [1.54, 1.807) is 7.05 Å². The summed E-state index contributed by atoms with van der Waals surface area (Å²) in [6.45, 7) is 5.94. The molecule has 1 heterocycles. The molecule has 2 rings (SSSR count). The number of hydrogen-bond donors (Lipinski definition) is 1. The minimum Gasteiger partial charge on any atom is -0.359 e. The fourth-order valence-electron chi connectivity index (χ4n) is 2.94. The number of carbonyl (C=O) groups excluding carboxylic acids is 2. The topological polar surface area (TPSA) is 49.4 Å². The normalized spacial score (nSPS) is 19.3. The summed E-state index contributed by atoms with van der Waals surface area (Å²) in [6.07, 6.45) is 1.88. The Labute approximate surface area is 126 Å². The smallest absolute Gasteiger partial charge is 0.224 e. The maximum atomic E-state index is 12.5. The summed E-state index contributed by atoms with van der Waals surface area (Å²) < 4.78 is 0. The van der Waals surface area contributed by atoms with Crippen LogP contribution in [0.1, 0.15) is 34.3 Å². The third kappa shape index (κ3) is 3.91. The Bertz CT molecular complexity index is 540. The minimum absolute atomic E-state index is 0.00940. The molecule has 0 aromatic heterocycles. The molecule has 1 atom stereocenters. The average Bonchev–Trinajstić information content (AvgIpc) is 2.49. The Morgan fingerprint density at radius 2 is 2.10 bits per heavy atom. The number of nitrogens with zero attached hydrogens (tertiary/aromatic N) is 1. The van der Waals surface area contributed by atoms with Crippen LogP contribution in [0, 0.1) is 19.8 Å². The lowest BCUT2D eigenvalue weighted by molar-refractivity contribution is -0.126. The van der Waals surface area contributed by atoms with Crippen molar-refractivity contribution in [3.8, 4) is 0 Å². The van der Waals surface area contributed by atoms with E-state index in [0.717, 1.165) is 36.1 Å². The van der Waals surface area contributed by atoms with E-state index in [9.17, 15) is 9.59 Å². The number of Topliss-reactive ketones (excluding diaryl/α,β-unsaturated/α-hetero) is 1. The number of amides is 1. The summed E-state index contributed by atoms with van der Waals surface area (Å²) >= 11 is 0. The van der Waals surface area contributed by atoms with Gasteiger partial charge in [0, 0.05) is 19.2 Å². The summed E-state index contributed by atoms with van der Waals surface area (Å²) in [5.74, 6) is 0.239. The van der Waals surface area contributed by atoms with Gasteiger partial charge in [-0.05, 0) is 44.9 Å². The zero-order valence-electron chi connectivity index (χ0n) is 13.1. The quantitative estimate of drug-likeness (QED) is 0.862. The van der Waals surface area contributed by atoms with Gasteiger partial charge in [-0.25, -0.2) is 0 Å². The first-order valence-corrected chi connectivity index (χ1v) is 7.55. The molecular formula is C17H24N2O2. The van der Waals surface area contributed by atoms with Crippen molar-refractivity contribution < 1.29 is 9.59 Å². The van der Waals surface area contributed by atoms with Crippen LogP contribution in [0.3, 0.4) is 0 Å². The molecule has 1 fully saturated rings. The highest BCUT2D eigenvalue weighted by Gasteiger charge is 2.26. The van der Waals surface area contributed by atoms with E-state index in [1.165, 1.54) is 0 Å². The fourth-order valence-corrected chi connectivity index (χ4v) is 2.94. The molecule has 0 saturated carbocycles. The molecule has 1 aliphatic heterocycles. The van der Waals surface area contributed by atoms with Gasteiger partial charge in [0.15, 0.2) is 5.78 Å². The maximum Gasteiger partial charge on any atom is 0.224 e. The van der Waals surface area contributed by atoms with Gasteiger partial charge in [-0.15, -0.1) is 0 Å². The Hall–Kier alpha value is -1.68. The number of hydrogen-bond acceptors (Lipinski definition) is 3. The van der Waals surface area contributed by atoms with Crippen molar-refractivity contribution in [1.82, 2.24) is 10.2 Å². The van der Waals surface area contributed by atoms with Gasteiger partial charge in [0.05, 0.1) is 12.5 Å². The van der Waals surface area contributed by atoms with E-state index in [2.05, 4.69) is 10.2 Å². The highest BCUT2D eigenvalue weighted by molar-refractivity contribution is 5.99. The first kappa shape index (κ1) is 15.7. The lowest BCUT2D eigenvalue weighted by Crippen LogP contribution is -2.44. The summed E-state index contributed by atoms with van der Waals surface area (Å²) in [7, 11) is 1.67. The van der Waals surface area contributed by atoms with Crippen molar-refractivity contribution in [3.63, 3.8) is 0 Å². The van der Waals surface area contributed by atoms with E-state index in [-0.39, 0.29) is 17.6 Å². The highest BCUT2D eigenvalue weighted by atomic mass is 16.2. The molecule has 114 valence electrons. The monoisotopic (exact) mass is 288 g/mol. The number of benzene rings is 1. The summed E-state index contributed by atoms with van der Waals surface area (Å²) in [6, 6.07) is 5.97. The van der Waals surface area contributed by atoms with Crippen molar-refractivity contribution in [3.05, 3.63) is 34.9 Å². The van der Waals surface area contributed by atoms with Gasteiger partial charge >= 0.3 is 0 Å². The molecule has 1 aliphatic rings. The molecule has 4 nitrogen and oxygen atoms in total. The first-order valence-electron chi connectivity index (χ1n) is 7.55. The van der Waals surface area contributed by atoms with Crippen LogP contribution in [0.25, 0.3) is 0 Å².